The number of aromatic amines is 1. The molecule has 2 aromatic rings. The van der Waals surface area contributed by atoms with Crippen LogP contribution in [0.2, 0.25) is 0 Å². The molecule has 0 spiro atoms. The van der Waals surface area contributed by atoms with E-state index in [0.717, 1.165) is 35.9 Å². The van der Waals surface area contributed by atoms with Gasteiger partial charge >= 0.3 is 0 Å². The third-order valence-electron chi connectivity index (χ3n) is 2.81. The minimum atomic E-state index is 0.803. The van der Waals surface area contributed by atoms with E-state index < -0.39 is 0 Å². The van der Waals surface area contributed by atoms with Crippen LogP contribution in [-0.4, -0.2) is 23.6 Å². The van der Waals surface area contributed by atoms with Crippen molar-refractivity contribution in [1.29, 1.82) is 0 Å². The van der Waals surface area contributed by atoms with Crippen LogP contribution in [0.25, 0.3) is 11.4 Å². The molecule has 0 amide bonds. The van der Waals surface area contributed by atoms with E-state index in [4.69, 9.17) is 4.74 Å². The fourth-order valence-electron chi connectivity index (χ4n) is 1.84. The molecule has 96 valence electrons. The van der Waals surface area contributed by atoms with Gasteiger partial charge < -0.3 is 15.0 Å². The van der Waals surface area contributed by atoms with Gasteiger partial charge in [-0.3, -0.25) is 0 Å². The summed E-state index contributed by atoms with van der Waals surface area (Å²) in [5, 5.41) is 3.26. The molecule has 0 saturated carbocycles. The van der Waals surface area contributed by atoms with E-state index in [2.05, 4.69) is 28.3 Å². The predicted molar refractivity (Wildman–Crippen MR) is 72.7 cm³/mol. The number of hydrogen-bond donors (Lipinski definition) is 2. The third kappa shape index (κ3) is 2.71. The van der Waals surface area contributed by atoms with Crippen LogP contribution < -0.4 is 10.1 Å². The monoisotopic (exact) mass is 245 g/mol. The number of imidazole rings is 1. The molecule has 0 atom stereocenters. The third-order valence-corrected chi connectivity index (χ3v) is 2.81. The van der Waals surface area contributed by atoms with Crippen LogP contribution >= 0.6 is 0 Å². The van der Waals surface area contributed by atoms with E-state index >= 15 is 0 Å². The predicted octanol–water partition coefficient (Wildman–Crippen LogP) is 2.50. The van der Waals surface area contributed by atoms with Crippen molar-refractivity contribution in [2.24, 2.45) is 0 Å². The van der Waals surface area contributed by atoms with E-state index in [1.165, 1.54) is 5.56 Å². The van der Waals surface area contributed by atoms with Gasteiger partial charge in [-0.2, -0.15) is 0 Å². The smallest absolute Gasteiger partial charge is 0.141 e. The fraction of sp³-hybridized carbons (Fsp3) is 0.357. The molecule has 1 heterocycles. The SMILES string of the molecule is CCNCc1cnc(-c2ccc(C)cc2OC)[nH]1. The van der Waals surface area contributed by atoms with Crippen molar-refractivity contribution < 1.29 is 4.74 Å². The summed E-state index contributed by atoms with van der Waals surface area (Å²) in [7, 11) is 1.68. The molecule has 2 N–H and O–H groups in total. The summed E-state index contributed by atoms with van der Waals surface area (Å²) in [6.07, 6.45) is 1.86. The highest BCUT2D eigenvalue weighted by atomic mass is 16.5. The van der Waals surface area contributed by atoms with Crippen molar-refractivity contribution in [3.8, 4) is 17.1 Å². The maximum absolute atomic E-state index is 5.40. The Labute approximate surface area is 107 Å². The molecule has 0 fully saturated rings. The van der Waals surface area contributed by atoms with E-state index in [9.17, 15) is 0 Å². The van der Waals surface area contributed by atoms with E-state index in [0.29, 0.717) is 0 Å². The van der Waals surface area contributed by atoms with Gasteiger partial charge in [-0.05, 0) is 31.2 Å². The van der Waals surface area contributed by atoms with Crippen LogP contribution in [0.1, 0.15) is 18.2 Å². The second-order valence-electron chi connectivity index (χ2n) is 4.24. The van der Waals surface area contributed by atoms with Crippen LogP contribution in [0.5, 0.6) is 5.75 Å². The largest absolute Gasteiger partial charge is 0.496 e. The number of nitrogens with zero attached hydrogens (tertiary/aromatic N) is 1. The molecule has 1 aromatic heterocycles. The Morgan fingerprint density at radius 1 is 1.39 bits per heavy atom. The Hall–Kier alpha value is -1.81. The molecule has 0 aliphatic carbocycles. The van der Waals surface area contributed by atoms with Gasteiger partial charge in [0.2, 0.25) is 0 Å². The Balaban J connectivity index is 2.28. The number of aryl methyl sites for hydroxylation is 1. The molecule has 0 aliphatic rings. The first-order valence-electron chi connectivity index (χ1n) is 6.14. The van der Waals surface area contributed by atoms with Gasteiger partial charge in [0, 0.05) is 18.4 Å². The van der Waals surface area contributed by atoms with Crippen molar-refractivity contribution in [3.05, 3.63) is 35.7 Å². The van der Waals surface area contributed by atoms with Gasteiger partial charge in [0.1, 0.15) is 11.6 Å². The molecule has 4 nitrogen and oxygen atoms in total. The highest BCUT2D eigenvalue weighted by Gasteiger charge is 2.09. The molecule has 2 rings (SSSR count). The van der Waals surface area contributed by atoms with E-state index in [1.54, 1.807) is 7.11 Å². The zero-order chi connectivity index (χ0) is 13.0. The Morgan fingerprint density at radius 2 is 2.22 bits per heavy atom. The molecule has 0 unspecified atom stereocenters. The molecular weight excluding hydrogens is 226 g/mol. The summed E-state index contributed by atoms with van der Waals surface area (Å²) in [6.45, 7) is 5.88. The Bertz CT molecular complexity index is 520. The number of ether oxygens (including phenoxy) is 1. The molecule has 4 heteroatoms. The average molecular weight is 245 g/mol. The van der Waals surface area contributed by atoms with Crippen LogP contribution in [-0.2, 0) is 6.54 Å². The summed E-state index contributed by atoms with van der Waals surface area (Å²) in [5.74, 6) is 1.69. The average Bonchev–Trinajstić information content (AvgIpc) is 2.84. The standard InChI is InChI=1S/C14H19N3O/c1-4-15-8-11-9-16-14(17-11)12-6-5-10(2)7-13(12)18-3/h5-7,9,15H,4,8H2,1-3H3,(H,16,17). The maximum Gasteiger partial charge on any atom is 0.141 e. The summed E-state index contributed by atoms with van der Waals surface area (Å²) in [4.78, 5) is 7.71. The minimum Gasteiger partial charge on any atom is -0.496 e. The normalized spacial score (nSPS) is 10.6. The number of nitrogens with one attached hydrogen (secondary N) is 2. The van der Waals surface area contributed by atoms with Crippen molar-refractivity contribution >= 4 is 0 Å². The lowest BCUT2D eigenvalue weighted by Crippen LogP contribution is -2.11. The Kier molecular flexibility index (Phi) is 3.99. The van der Waals surface area contributed by atoms with E-state index in [1.807, 2.05) is 25.3 Å². The topological polar surface area (TPSA) is 49.9 Å². The molecule has 0 radical (unpaired) electrons. The Morgan fingerprint density at radius 3 is 2.94 bits per heavy atom. The fourth-order valence-corrected chi connectivity index (χ4v) is 1.84. The molecule has 1 aromatic carbocycles. The molecule has 18 heavy (non-hydrogen) atoms. The first kappa shape index (κ1) is 12.6. The molecule has 0 saturated heterocycles. The van der Waals surface area contributed by atoms with E-state index in [-0.39, 0.29) is 0 Å². The first-order chi connectivity index (χ1) is 8.74. The maximum atomic E-state index is 5.40. The number of rotatable bonds is 5. The highest BCUT2D eigenvalue weighted by Crippen LogP contribution is 2.28. The summed E-state index contributed by atoms with van der Waals surface area (Å²) in [5.41, 5.74) is 3.25. The molecular formula is C14H19N3O. The summed E-state index contributed by atoms with van der Waals surface area (Å²) < 4.78 is 5.40. The van der Waals surface area contributed by atoms with Gasteiger partial charge in [0.25, 0.3) is 0 Å². The van der Waals surface area contributed by atoms with Crippen molar-refractivity contribution in [1.82, 2.24) is 15.3 Å². The van der Waals surface area contributed by atoms with Gasteiger partial charge in [-0.1, -0.05) is 13.0 Å². The zero-order valence-corrected chi connectivity index (χ0v) is 11.1. The minimum absolute atomic E-state index is 0.803. The van der Waals surface area contributed by atoms with Gasteiger partial charge in [-0.15, -0.1) is 0 Å². The first-order valence-corrected chi connectivity index (χ1v) is 6.14. The second-order valence-corrected chi connectivity index (χ2v) is 4.24. The molecule has 0 bridgehead atoms. The van der Waals surface area contributed by atoms with Crippen LogP contribution in [0.4, 0.5) is 0 Å². The van der Waals surface area contributed by atoms with Gasteiger partial charge in [-0.25, -0.2) is 4.98 Å². The summed E-state index contributed by atoms with van der Waals surface area (Å²) >= 11 is 0. The van der Waals surface area contributed by atoms with Crippen molar-refractivity contribution in [2.75, 3.05) is 13.7 Å². The van der Waals surface area contributed by atoms with Crippen molar-refractivity contribution in [2.45, 2.75) is 20.4 Å². The number of hydrogen-bond acceptors (Lipinski definition) is 3. The van der Waals surface area contributed by atoms with Crippen LogP contribution in [0.3, 0.4) is 0 Å². The zero-order valence-electron chi connectivity index (χ0n) is 11.1. The second kappa shape index (κ2) is 5.69. The van der Waals surface area contributed by atoms with Crippen LogP contribution in [0.15, 0.2) is 24.4 Å². The number of aromatic nitrogens is 2. The van der Waals surface area contributed by atoms with Gasteiger partial charge in [0.15, 0.2) is 0 Å². The molecule has 0 aliphatic heterocycles. The highest BCUT2D eigenvalue weighted by molar-refractivity contribution is 5.65. The number of methoxy groups -OCH3 is 1. The lowest BCUT2D eigenvalue weighted by Gasteiger charge is -2.07. The lowest BCUT2D eigenvalue weighted by atomic mass is 10.1. The number of benzene rings is 1. The quantitative estimate of drug-likeness (QED) is 0.851. The van der Waals surface area contributed by atoms with Crippen molar-refractivity contribution in [3.63, 3.8) is 0 Å². The number of H-pyrrole nitrogens is 1. The van der Waals surface area contributed by atoms with Crippen LogP contribution in [0, 0.1) is 6.92 Å². The lowest BCUT2D eigenvalue weighted by molar-refractivity contribution is 0.416. The van der Waals surface area contributed by atoms with Gasteiger partial charge in [0.05, 0.1) is 12.7 Å². The summed E-state index contributed by atoms with van der Waals surface area (Å²) in [6, 6.07) is 6.11.